The highest BCUT2D eigenvalue weighted by atomic mass is 32.1. The predicted molar refractivity (Wildman–Crippen MR) is 85.2 cm³/mol. The molecule has 1 aliphatic rings. The molecule has 0 aliphatic carbocycles. The number of nitrogens with zero attached hydrogens (tertiary/aromatic N) is 2. The number of carbonyl (C=O) groups is 1. The first-order valence-electron chi connectivity index (χ1n) is 7.39. The summed E-state index contributed by atoms with van der Waals surface area (Å²) in [5.41, 5.74) is 0.780. The third-order valence-electron chi connectivity index (χ3n) is 3.42. The number of hydrogen-bond donors (Lipinski definition) is 2. The summed E-state index contributed by atoms with van der Waals surface area (Å²) in [5, 5.41) is 6.90. The molecule has 0 radical (unpaired) electrons. The van der Waals surface area contributed by atoms with Crippen LogP contribution in [0.15, 0.2) is 0 Å². The van der Waals surface area contributed by atoms with Crippen LogP contribution >= 0.6 is 11.3 Å². The maximum atomic E-state index is 12.2. The first kappa shape index (κ1) is 16.2. The van der Waals surface area contributed by atoms with E-state index in [1.807, 2.05) is 13.8 Å². The number of ether oxygens (including phenoxy) is 1. The maximum absolute atomic E-state index is 12.2. The molecule has 2 rings (SSSR count). The molecule has 7 heteroatoms. The molecule has 1 amide bonds. The number of rotatable bonds is 6. The number of anilines is 1. The smallest absolute Gasteiger partial charge is 0.263 e. The van der Waals surface area contributed by atoms with Gasteiger partial charge < -0.3 is 20.3 Å². The van der Waals surface area contributed by atoms with Gasteiger partial charge in [-0.1, -0.05) is 11.3 Å². The Bertz CT molecular complexity index is 478. The van der Waals surface area contributed by atoms with Gasteiger partial charge in [0.05, 0.1) is 18.4 Å². The molecule has 0 aromatic carbocycles. The minimum atomic E-state index is -0.0432. The van der Waals surface area contributed by atoms with Crippen molar-refractivity contribution in [1.82, 2.24) is 15.2 Å². The fourth-order valence-electron chi connectivity index (χ4n) is 2.30. The van der Waals surface area contributed by atoms with Gasteiger partial charge in [-0.3, -0.25) is 4.79 Å². The SMILES string of the molecule is CCNc1nc(C)c(C(=O)NCCC2CN(C)CCO2)s1. The normalized spacial score (nSPS) is 19.5. The number of amides is 1. The van der Waals surface area contributed by atoms with E-state index >= 15 is 0 Å². The minimum absolute atomic E-state index is 0.0432. The molecule has 2 heterocycles. The summed E-state index contributed by atoms with van der Waals surface area (Å²) in [7, 11) is 2.09. The molecular weight excluding hydrogens is 288 g/mol. The summed E-state index contributed by atoms with van der Waals surface area (Å²) in [6, 6.07) is 0. The first-order chi connectivity index (χ1) is 10.1. The van der Waals surface area contributed by atoms with Crippen LogP contribution in [0.5, 0.6) is 0 Å². The summed E-state index contributed by atoms with van der Waals surface area (Å²) in [5.74, 6) is -0.0432. The van der Waals surface area contributed by atoms with Gasteiger partial charge in [-0.05, 0) is 27.3 Å². The summed E-state index contributed by atoms with van der Waals surface area (Å²) < 4.78 is 5.68. The van der Waals surface area contributed by atoms with Crippen molar-refractivity contribution in [1.29, 1.82) is 0 Å². The van der Waals surface area contributed by atoms with Gasteiger partial charge in [-0.15, -0.1) is 0 Å². The number of hydrogen-bond acceptors (Lipinski definition) is 6. The highest BCUT2D eigenvalue weighted by Gasteiger charge is 2.19. The van der Waals surface area contributed by atoms with Gasteiger partial charge in [0.15, 0.2) is 5.13 Å². The molecule has 118 valence electrons. The van der Waals surface area contributed by atoms with Crippen molar-refractivity contribution in [2.45, 2.75) is 26.4 Å². The Morgan fingerprint density at radius 2 is 2.38 bits per heavy atom. The van der Waals surface area contributed by atoms with Gasteiger partial charge >= 0.3 is 0 Å². The molecule has 1 fully saturated rings. The predicted octanol–water partition coefficient (Wildman–Crippen LogP) is 1.33. The molecule has 1 atom stereocenters. The van der Waals surface area contributed by atoms with E-state index in [2.05, 4.69) is 27.6 Å². The van der Waals surface area contributed by atoms with E-state index in [9.17, 15) is 4.79 Å². The Hall–Kier alpha value is -1.18. The van der Waals surface area contributed by atoms with Crippen LogP contribution in [-0.2, 0) is 4.74 Å². The van der Waals surface area contributed by atoms with Crippen LogP contribution in [-0.4, -0.2) is 61.7 Å². The van der Waals surface area contributed by atoms with E-state index < -0.39 is 0 Å². The molecule has 0 saturated carbocycles. The van der Waals surface area contributed by atoms with E-state index in [-0.39, 0.29) is 12.0 Å². The highest BCUT2D eigenvalue weighted by Crippen LogP contribution is 2.22. The van der Waals surface area contributed by atoms with E-state index in [0.717, 1.165) is 43.5 Å². The van der Waals surface area contributed by atoms with Crippen molar-refractivity contribution in [3.8, 4) is 0 Å². The van der Waals surface area contributed by atoms with Gasteiger partial charge in [-0.25, -0.2) is 4.98 Å². The topological polar surface area (TPSA) is 66.5 Å². The maximum Gasteiger partial charge on any atom is 0.263 e. The van der Waals surface area contributed by atoms with Crippen LogP contribution in [0.1, 0.15) is 28.7 Å². The second-order valence-electron chi connectivity index (χ2n) is 5.26. The number of morpholine rings is 1. The molecule has 2 N–H and O–H groups in total. The van der Waals surface area contributed by atoms with Crippen molar-refractivity contribution in [2.75, 3.05) is 45.2 Å². The van der Waals surface area contributed by atoms with Crippen LogP contribution in [0.4, 0.5) is 5.13 Å². The average Bonchev–Trinajstić information content (AvgIpc) is 2.80. The Kier molecular flexibility index (Phi) is 5.96. The monoisotopic (exact) mass is 312 g/mol. The van der Waals surface area contributed by atoms with Crippen molar-refractivity contribution in [3.63, 3.8) is 0 Å². The molecule has 1 saturated heterocycles. The third kappa shape index (κ3) is 4.66. The van der Waals surface area contributed by atoms with Crippen LogP contribution < -0.4 is 10.6 Å². The number of thiazole rings is 1. The van der Waals surface area contributed by atoms with Crippen LogP contribution in [0.3, 0.4) is 0 Å². The first-order valence-corrected chi connectivity index (χ1v) is 8.21. The van der Waals surface area contributed by atoms with Crippen molar-refractivity contribution < 1.29 is 9.53 Å². The standard InChI is InChI=1S/C14H24N4O2S/c1-4-15-14-17-10(2)12(21-14)13(19)16-6-5-11-9-18(3)7-8-20-11/h11H,4-9H2,1-3H3,(H,15,17)(H,16,19). The van der Waals surface area contributed by atoms with Gasteiger partial charge in [0, 0.05) is 26.2 Å². The van der Waals surface area contributed by atoms with Crippen molar-refractivity contribution in [2.24, 2.45) is 0 Å². The summed E-state index contributed by atoms with van der Waals surface area (Å²) in [6.07, 6.45) is 1.05. The lowest BCUT2D eigenvalue weighted by molar-refractivity contribution is -0.0225. The molecule has 1 aromatic rings. The fraction of sp³-hybridized carbons (Fsp3) is 0.714. The van der Waals surface area contributed by atoms with Crippen LogP contribution in [0.25, 0.3) is 0 Å². The molecule has 1 aromatic heterocycles. The Morgan fingerprint density at radius 3 is 3.10 bits per heavy atom. The van der Waals surface area contributed by atoms with Crippen LogP contribution in [0.2, 0.25) is 0 Å². The molecule has 0 bridgehead atoms. The summed E-state index contributed by atoms with van der Waals surface area (Å²) in [6.45, 7) is 8.00. The van der Waals surface area contributed by atoms with E-state index in [4.69, 9.17) is 4.74 Å². The molecule has 1 unspecified atom stereocenters. The minimum Gasteiger partial charge on any atom is -0.375 e. The number of aryl methyl sites for hydroxylation is 1. The zero-order chi connectivity index (χ0) is 15.2. The lowest BCUT2D eigenvalue weighted by Gasteiger charge is -2.30. The lowest BCUT2D eigenvalue weighted by Crippen LogP contribution is -2.41. The lowest BCUT2D eigenvalue weighted by atomic mass is 10.2. The molecule has 1 aliphatic heterocycles. The largest absolute Gasteiger partial charge is 0.375 e. The van der Waals surface area contributed by atoms with Crippen molar-refractivity contribution >= 4 is 22.4 Å². The average molecular weight is 312 g/mol. The molecular formula is C14H24N4O2S. The molecule has 6 nitrogen and oxygen atoms in total. The third-order valence-corrected chi connectivity index (χ3v) is 4.54. The Morgan fingerprint density at radius 1 is 1.57 bits per heavy atom. The van der Waals surface area contributed by atoms with Gasteiger partial charge in [0.1, 0.15) is 4.88 Å². The second-order valence-corrected chi connectivity index (χ2v) is 6.26. The number of aromatic nitrogens is 1. The van der Waals surface area contributed by atoms with Gasteiger partial charge in [0.25, 0.3) is 5.91 Å². The molecule has 21 heavy (non-hydrogen) atoms. The van der Waals surface area contributed by atoms with E-state index in [1.165, 1.54) is 11.3 Å². The number of likely N-dealkylation sites (N-methyl/N-ethyl adjacent to an activating group) is 1. The quantitative estimate of drug-likeness (QED) is 0.830. The fourth-order valence-corrected chi connectivity index (χ4v) is 3.25. The van der Waals surface area contributed by atoms with Gasteiger partial charge in [0.2, 0.25) is 0 Å². The zero-order valence-electron chi connectivity index (χ0n) is 12.9. The van der Waals surface area contributed by atoms with Crippen LogP contribution in [0, 0.1) is 6.92 Å². The Balaban J connectivity index is 1.79. The van der Waals surface area contributed by atoms with E-state index in [0.29, 0.717) is 11.4 Å². The highest BCUT2D eigenvalue weighted by molar-refractivity contribution is 7.17. The second kappa shape index (κ2) is 7.72. The summed E-state index contributed by atoms with van der Waals surface area (Å²) >= 11 is 1.40. The van der Waals surface area contributed by atoms with Crippen molar-refractivity contribution in [3.05, 3.63) is 10.6 Å². The van der Waals surface area contributed by atoms with E-state index in [1.54, 1.807) is 0 Å². The Labute approximate surface area is 129 Å². The number of nitrogens with one attached hydrogen (secondary N) is 2. The zero-order valence-corrected chi connectivity index (χ0v) is 13.8. The van der Waals surface area contributed by atoms with Gasteiger partial charge in [-0.2, -0.15) is 0 Å². The number of carbonyl (C=O) groups excluding carboxylic acids is 1. The molecule has 0 spiro atoms. The summed E-state index contributed by atoms with van der Waals surface area (Å²) in [4.78, 5) is 19.5.